The van der Waals surface area contributed by atoms with E-state index in [0.29, 0.717) is 12.1 Å². The zero-order valence-corrected chi connectivity index (χ0v) is 14.7. The van der Waals surface area contributed by atoms with Crippen LogP contribution in [0.5, 0.6) is 0 Å². The second kappa shape index (κ2) is 6.66. The fourth-order valence-electron chi connectivity index (χ4n) is 4.19. The van der Waals surface area contributed by atoms with Crippen molar-refractivity contribution in [1.29, 1.82) is 0 Å². The van der Waals surface area contributed by atoms with E-state index in [1.165, 1.54) is 4.90 Å². The Hall–Kier alpha value is -2.94. The van der Waals surface area contributed by atoms with E-state index < -0.39 is 44.8 Å². The molecule has 0 N–H and O–H groups in total. The van der Waals surface area contributed by atoms with E-state index in [4.69, 9.17) is 0 Å². The topological polar surface area (TPSA) is 124 Å². The van der Waals surface area contributed by atoms with Gasteiger partial charge < -0.3 is 0 Å². The van der Waals surface area contributed by atoms with Gasteiger partial charge in [0, 0.05) is 21.8 Å². The molecule has 0 amide bonds. The third kappa shape index (κ3) is 2.74. The first-order valence-electron chi connectivity index (χ1n) is 8.61. The maximum Gasteiger partial charge on any atom is 0.305 e. The van der Waals surface area contributed by atoms with E-state index >= 15 is 0 Å². The SMILES string of the molecule is CCN1C[C@@]2([N+](=O)[O-])C=CC(=O)[C@@]([N+](=O)[O-])(C1)[C@@H]2CC(=O)c1ccccc1. The Morgan fingerprint density at radius 2 is 1.85 bits per heavy atom. The van der Waals surface area contributed by atoms with Crippen LogP contribution in [0, 0.1) is 26.1 Å². The van der Waals surface area contributed by atoms with Crippen molar-refractivity contribution in [3.05, 3.63) is 68.3 Å². The molecule has 0 aromatic heterocycles. The van der Waals surface area contributed by atoms with Crippen LogP contribution in [0.4, 0.5) is 0 Å². The molecule has 2 bridgehead atoms. The van der Waals surface area contributed by atoms with E-state index in [9.17, 15) is 29.8 Å². The van der Waals surface area contributed by atoms with Crippen LogP contribution < -0.4 is 0 Å². The van der Waals surface area contributed by atoms with E-state index in [1.807, 2.05) is 0 Å². The summed E-state index contributed by atoms with van der Waals surface area (Å²) in [5.41, 5.74) is -3.76. The molecule has 142 valence electrons. The molecule has 3 atom stereocenters. The van der Waals surface area contributed by atoms with Crippen LogP contribution in [0.3, 0.4) is 0 Å². The normalized spacial score (nSPS) is 30.1. The van der Waals surface area contributed by atoms with Gasteiger partial charge in [-0.05, 0) is 18.7 Å². The van der Waals surface area contributed by atoms with Crippen molar-refractivity contribution < 1.29 is 19.4 Å². The Kier molecular flexibility index (Phi) is 4.64. The third-order valence-corrected chi connectivity index (χ3v) is 5.67. The lowest BCUT2D eigenvalue weighted by atomic mass is 9.60. The molecule has 1 saturated heterocycles. The van der Waals surface area contributed by atoms with Crippen molar-refractivity contribution in [3.63, 3.8) is 0 Å². The van der Waals surface area contributed by atoms with Crippen molar-refractivity contribution >= 4 is 11.6 Å². The molecular formula is C18H19N3O6. The minimum absolute atomic E-state index is 0.0807. The Morgan fingerprint density at radius 1 is 1.19 bits per heavy atom. The number of hydrogen-bond donors (Lipinski definition) is 0. The molecule has 0 saturated carbocycles. The Morgan fingerprint density at radius 3 is 2.41 bits per heavy atom. The Labute approximate surface area is 154 Å². The van der Waals surface area contributed by atoms with Gasteiger partial charge in [0.15, 0.2) is 5.78 Å². The van der Waals surface area contributed by atoms with Crippen LogP contribution in [-0.4, -0.2) is 57.0 Å². The van der Waals surface area contributed by atoms with Crippen LogP contribution >= 0.6 is 0 Å². The van der Waals surface area contributed by atoms with Gasteiger partial charge in [-0.25, -0.2) is 0 Å². The van der Waals surface area contributed by atoms with Gasteiger partial charge in [0.2, 0.25) is 5.78 Å². The van der Waals surface area contributed by atoms with E-state index in [2.05, 4.69) is 0 Å². The number of ketones is 2. The molecule has 3 rings (SSSR count). The van der Waals surface area contributed by atoms with Gasteiger partial charge in [0.25, 0.3) is 5.54 Å². The minimum Gasteiger partial charge on any atom is -0.294 e. The molecule has 27 heavy (non-hydrogen) atoms. The molecule has 1 aromatic carbocycles. The van der Waals surface area contributed by atoms with Gasteiger partial charge in [0.05, 0.1) is 13.1 Å². The van der Waals surface area contributed by atoms with E-state index in [0.717, 1.165) is 12.2 Å². The number of likely N-dealkylation sites (tertiary alicyclic amines) is 1. The lowest BCUT2D eigenvalue weighted by Gasteiger charge is -2.47. The molecule has 9 nitrogen and oxygen atoms in total. The zero-order chi connectivity index (χ0) is 19.8. The molecule has 1 fully saturated rings. The van der Waals surface area contributed by atoms with Gasteiger partial charge in [-0.2, -0.15) is 0 Å². The number of rotatable bonds is 6. The molecule has 1 aromatic rings. The fourth-order valence-corrected chi connectivity index (χ4v) is 4.19. The summed E-state index contributed by atoms with van der Waals surface area (Å²) >= 11 is 0. The number of Topliss-reactive ketones (excluding diaryl/α,β-unsaturated/α-hetero) is 1. The molecule has 2 aliphatic rings. The summed E-state index contributed by atoms with van der Waals surface area (Å²) in [5, 5.41) is 24.1. The Bertz CT molecular complexity index is 839. The fraction of sp³-hybridized carbons (Fsp3) is 0.444. The van der Waals surface area contributed by atoms with Gasteiger partial charge >= 0.3 is 5.54 Å². The smallest absolute Gasteiger partial charge is 0.294 e. The predicted octanol–water partition coefficient (Wildman–Crippen LogP) is 1.38. The maximum absolute atomic E-state index is 12.7. The summed E-state index contributed by atoms with van der Waals surface area (Å²) in [6.07, 6.45) is 1.64. The molecule has 9 heteroatoms. The zero-order valence-electron chi connectivity index (χ0n) is 14.7. The molecule has 0 unspecified atom stereocenters. The lowest BCUT2D eigenvalue weighted by Crippen LogP contribution is -2.75. The first-order valence-corrected chi connectivity index (χ1v) is 8.61. The number of nitro groups is 2. The highest BCUT2D eigenvalue weighted by molar-refractivity contribution is 6.01. The van der Waals surface area contributed by atoms with Crippen LogP contribution in [0.15, 0.2) is 42.5 Å². The molecule has 0 radical (unpaired) electrons. The number of piperidine rings is 1. The highest BCUT2D eigenvalue weighted by Gasteiger charge is 2.73. The van der Waals surface area contributed by atoms with Crippen LogP contribution in [0.1, 0.15) is 23.7 Å². The number of carbonyl (C=O) groups is 2. The van der Waals surface area contributed by atoms with Crippen molar-refractivity contribution in [1.82, 2.24) is 4.90 Å². The minimum atomic E-state index is -2.21. The average Bonchev–Trinajstić information content (AvgIpc) is 2.65. The molecule has 1 aliphatic carbocycles. The van der Waals surface area contributed by atoms with Crippen molar-refractivity contribution in [3.8, 4) is 0 Å². The van der Waals surface area contributed by atoms with Crippen molar-refractivity contribution in [2.45, 2.75) is 24.4 Å². The first kappa shape index (κ1) is 18.8. The number of likely N-dealkylation sites (N-methyl/N-ethyl adjacent to an activating group) is 1. The molecule has 1 heterocycles. The summed E-state index contributed by atoms with van der Waals surface area (Å²) in [5.74, 6) is -2.61. The lowest BCUT2D eigenvalue weighted by molar-refractivity contribution is -0.623. The highest BCUT2D eigenvalue weighted by Crippen LogP contribution is 2.46. The number of fused-ring (bicyclic) bond motifs is 2. The monoisotopic (exact) mass is 373 g/mol. The quantitative estimate of drug-likeness (QED) is 0.419. The number of benzene rings is 1. The van der Waals surface area contributed by atoms with E-state index in [1.54, 1.807) is 37.3 Å². The van der Waals surface area contributed by atoms with Gasteiger partial charge in [-0.3, -0.25) is 34.7 Å². The largest absolute Gasteiger partial charge is 0.305 e. The molecule has 0 spiro atoms. The van der Waals surface area contributed by atoms with Gasteiger partial charge in [-0.1, -0.05) is 37.3 Å². The summed E-state index contributed by atoms with van der Waals surface area (Å²) < 4.78 is 0. The average molecular weight is 373 g/mol. The third-order valence-electron chi connectivity index (χ3n) is 5.67. The predicted molar refractivity (Wildman–Crippen MR) is 94.6 cm³/mol. The number of nitrogens with zero attached hydrogens (tertiary/aromatic N) is 3. The summed E-state index contributed by atoms with van der Waals surface area (Å²) in [6, 6.07) is 8.11. The van der Waals surface area contributed by atoms with Gasteiger partial charge in [-0.15, -0.1) is 0 Å². The van der Waals surface area contributed by atoms with Crippen LogP contribution in [0.2, 0.25) is 0 Å². The second-order valence-corrected chi connectivity index (χ2v) is 6.98. The standard InChI is InChI=1S/C18H19N3O6/c1-2-19-11-17(20(24)25)9-8-16(23)18(12-19,21(26)27)15(17)10-14(22)13-6-4-3-5-7-13/h3-9,15H,2,10-12H2,1H3/t15-,17+,18-/m1/s1. The van der Waals surface area contributed by atoms with Crippen molar-refractivity contribution in [2.24, 2.45) is 5.92 Å². The Balaban J connectivity index is 2.14. The van der Waals surface area contributed by atoms with Gasteiger partial charge in [0.1, 0.15) is 5.92 Å². The number of hydrogen-bond acceptors (Lipinski definition) is 7. The molecular weight excluding hydrogens is 354 g/mol. The first-order chi connectivity index (χ1) is 12.8. The van der Waals surface area contributed by atoms with E-state index in [-0.39, 0.29) is 13.1 Å². The van der Waals surface area contributed by atoms with Crippen LogP contribution in [-0.2, 0) is 4.79 Å². The van der Waals surface area contributed by atoms with Crippen LogP contribution in [0.25, 0.3) is 0 Å². The molecule has 1 aliphatic heterocycles. The van der Waals surface area contributed by atoms with Crippen molar-refractivity contribution in [2.75, 3.05) is 19.6 Å². The summed E-state index contributed by atoms with van der Waals surface area (Å²) in [4.78, 5) is 49.7. The second-order valence-electron chi connectivity index (χ2n) is 6.98. The highest BCUT2D eigenvalue weighted by atomic mass is 16.6. The summed E-state index contributed by atoms with van der Waals surface area (Å²) in [6.45, 7) is 1.72. The summed E-state index contributed by atoms with van der Waals surface area (Å²) in [7, 11) is 0. The number of carbonyl (C=O) groups excluding carboxylic acids is 2. The maximum atomic E-state index is 12.7.